The van der Waals surface area contributed by atoms with Gasteiger partial charge in [-0.25, -0.2) is 4.39 Å². The predicted molar refractivity (Wildman–Crippen MR) is 93.1 cm³/mol. The number of halogens is 1. The molecule has 6 nitrogen and oxygen atoms in total. The number of carbonyl (C=O) groups is 1. The molecule has 3 rings (SSSR count). The van der Waals surface area contributed by atoms with Crippen molar-refractivity contribution in [1.82, 2.24) is 15.0 Å². The van der Waals surface area contributed by atoms with Crippen LogP contribution in [0.5, 0.6) is 0 Å². The van der Waals surface area contributed by atoms with Crippen LogP contribution < -0.4 is 4.90 Å². The van der Waals surface area contributed by atoms with Gasteiger partial charge in [0, 0.05) is 52.0 Å². The van der Waals surface area contributed by atoms with Crippen molar-refractivity contribution in [2.24, 2.45) is 0 Å². The van der Waals surface area contributed by atoms with E-state index < -0.39 is 5.82 Å². The van der Waals surface area contributed by atoms with E-state index in [9.17, 15) is 9.18 Å². The Bertz CT molecular complexity index is 751. The Morgan fingerprint density at radius 1 is 1.24 bits per heavy atom. The van der Waals surface area contributed by atoms with Gasteiger partial charge in [-0.1, -0.05) is 5.16 Å². The Balaban J connectivity index is 1.60. The van der Waals surface area contributed by atoms with Crippen molar-refractivity contribution in [1.29, 1.82) is 0 Å². The lowest BCUT2D eigenvalue weighted by Crippen LogP contribution is -2.48. The summed E-state index contributed by atoms with van der Waals surface area (Å²) < 4.78 is 19.5. The molecule has 1 aromatic heterocycles. The smallest absolute Gasteiger partial charge is 0.256 e. The van der Waals surface area contributed by atoms with Crippen molar-refractivity contribution in [3.63, 3.8) is 0 Å². The molecule has 134 valence electrons. The monoisotopic (exact) mass is 346 g/mol. The molecule has 1 saturated heterocycles. The van der Waals surface area contributed by atoms with Crippen molar-refractivity contribution < 1.29 is 13.7 Å². The summed E-state index contributed by atoms with van der Waals surface area (Å²) in [4.78, 5) is 18.3. The molecule has 0 spiro atoms. The fourth-order valence-electron chi connectivity index (χ4n) is 2.95. The van der Waals surface area contributed by atoms with Crippen molar-refractivity contribution in [2.45, 2.75) is 13.5 Å². The summed E-state index contributed by atoms with van der Waals surface area (Å²) in [5.74, 6) is 0.0938. The summed E-state index contributed by atoms with van der Waals surface area (Å²) >= 11 is 0. The van der Waals surface area contributed by atoms with Crippen LogP contribution in [-0.4, -0.2) is 61.1 Å². The van der Waals surface area contributed by atoms with Crippen LogP contribution in [0.3, 0.4) is 0 Å². The predicted octanol–water partition coefficient (Wildman–Crippen LogP) is 2.15. The average molecular weight is 346 g/mol. The molecule has 0 atom stereocenters. The third kappa shape index (κ3) is 3.99. The van der Waals surface area contributed by atoms with Gasteiger partial charge in [-0.05, 0) is 25.1 Å². The fourth-order valence-corrected chi connectivity index (χ4v) is 2.95. The van der Waals surface area contributed by atoms with Crippen LogP contribution in [-0.2, 0) is 6.54 Å². The second kappa shape index (κ2) is 7.23. The average Bonchev–Trinajstić information content (AvgIpc) is 2.99. The van der Waals surface area contributed by atoms with Crippen LogP contribution in [0.2, 0.25) is 0 Å². The summed E-state index contributed by atoms with van der Waals surface area (Å²) in [6.07, 6.45) is 0. The van der Waals surface area contributed by atoms with Gasteiger partial charge >= 0.3 is 0 Å². The number of benzene rings is 1. The zero-order valence-corrected chi connectivity index (χ0v) is 14.8. The minimum atomic E-state index is -0.476. The number of hydrogen-bond donors (Lipinski definition) is 0. The first-order valence-corrected chi connectivity index (χ1v) is 8.35. The fraction of sp³-hybridized carbons (Fsp3) is 0.444. The second-order valence-corrected chi connectivity index (χ2v) is 6.56. The van der Waals surface area contributed by atoms with Gasteiger partial charge in [-0.3, -0.25) is 9.69 Å². The van der Waals surface area contributed by atoms with Gasteiger partial charge in [0.15, 0.2) is 5.76 Å². The summed E-state index contributed by atoms with van der Waals surface area (Å²) in [6.45, 7) is 5.15. The minimum Gasteiger partial charge on any atom is -0.378 e. The van der Waals surface area contributed by atoms with Crippen LogP contribution in [0.15, 0.2) is 28.8 Å². The molecular formula is C18H23FN4O2. The Morgan fingerprint density at radius 2 is 1.96 bits per heavy atom. The van der Waals surface area contributed by atoms with E-state index in [1.807, 2.05) is 27.1 Å². The van der Waals surface area contributed by atoms with Gasteiger partial charge < -0.3 is 14.3 Å². The normalized spacial score (nSPS) is 15.4. The topological polar surface area (TPSA) is 52.8 Å². The first-order valence-electron chi connectivity index (χ1n) is 8.35. The minimum absolute atomic E-state index is 0.130. The van der Waals surface area contributed by atoms with Gasteiger partial charge in [-0.2, -0.15) is 0 Å². The van der Waals surface area contributed by atoms with E-state index in [1.54, 1.807) is 21.9 Å². The van der Waals surface area contributed by atoms with Crippen LogP contribution >= 0.6 is 0 Å². The molecule has 0 bridgehead atoms. The number of piperazine rings is 1. The third-order valence-corrected chi connectivity index (χ3v) is 4.42. The third-order valence-electron chi connectivity index (χ3n) is 4.42. The van der Waals surface area contributed by atoms with Gasteiger partial charge in [-0.15, -0.1) is 0 Å². The summed E-state index contributed by atoms with van der Waals surface area (Å²) in [5, 5.41) is 3.88. The SMILES string of the molecule is Cc1cc(CN2CCN(C(=O)c3ccc(N(C)C)cc3F)CC2)on1. The first-order chi connectivity index (χ1) is 11.9. The zero-order valence-electron chi connectivity index (χ0n) is 14.8. The summed E-state index contributed by atoms with van der Waals surface area (Å²) in [5.41, 5.74) is 1.73. The van der Waals surface area contributed by atoms with Gasteiger partial charge in [0.25, 0.3) is 5.91 Å². The molecule has 1 amide bonds. The Labute approximate surface area is 146 Å². The second-order valence-electron chi connectivity index (χ2n) is 6.56. The largest absolute Gasteiger partial charge is 0.378 e. The first kappa shape index (κ1) is 17.4. The molecular weight excluding hydrogens is 323 g/mol. The zero-order chi connectivity index (χ0) is 18.0. The number of amides is 1. The molecule has 0 N–H and O–H groups in total. The van der Waals surface area contributed by atoms with Crippen LogP contribution in [0.4, 0.5) is 10.1 Å². The molecule has 1 aliphatic rings. The van der Waals surface area contributed by atoms with E-state index in [0.717, 1.165) is 30.2 Å². The quantitative estimate of drug-likeness (QED) is 0.849. The Morgan fingerprint density at radius 3 is 2.52 bits per heavy atom. The lowest BCUT2D eigenvalue weighted by atomic mass is 10.1. The molecule has 25 heavy (non-hydrogen) atoms. The highest BCUT2D eigenvalue weighted by atomic mass is 19.1. The van der Waals surface area contributed by atoms with E-state index in [2.05, 4.69) is 10.1 Å². The van der Waals surface area contributed by atoms with E-state index in [1.165, 1.54) is 6.07 Å². The number of aryl methyl sites for hydroxylation is 1. The van der Waals surface area contributed by atoms with Crippen molar-refractivity contribution >= 4 is 11.6 Å². The number of anilines is 1. The Kier molecular flexibility index (Phi) is 5.03. The highest BCUT2D eigenvalue weighted by Gasteiger charge is 2.24. The maximum Gasteiger partial charge on any atom is 0.256 e. The molecule has 1 fully saturated rings. The lowest BCUT2D eigenvalue weighted by Gasteiger charge is -2.34. The van der Waals surface area contributed by atoms with Crippen molar-refractivity contribution in [3.8, 4) is 0 Å². The standard InChI is InChI=1S/C18H23FN4O2/c1-13-10-15(25-20-13)12-22-6-8-23(9-7-22)18(24)16-5-4-14(21(2)3)11-17(16)19/h4-5,10-11H,6-9,12H2,1-3H3. The molecule has 0 radical (unpaired) electrons. The van der Waals surface area contributed by atoms with Crippen molar-refractivity contribution in [2.75, 3.05) is 45.2 Å². The van der Waals surface area contributed by atoms with E-state index in [0.29, 0.717) is 19.6 Å². The summed E-state index contributed by atoms with van der Waals surface area (Å²) in [6, 6.07) is 6.64. The number of nitrogens with zero attached hydrogens (tertiary/aromatic N) is 4. The van der Waals surface area contributed by atoms with Gasteiger partial charge in [0.1, 0.15) is 5.82 Å². The number of hydrogen-bond acceptors (Lipinski definition) is 5. The molecule has 0 unspecified atom stereocenters. The summed E-state index contributed by atoms with van der Waals surface area (Å²) in [7, 11) is 3.68. The highest BCUT2D eigenvalue weighted by Crippen LogP contribution is 2.19. The molecule has 2 heterocycles. The lowest BCUT2D eigenvalue weighted by molar-refractivity contribution is 0.0613. The van der Waals surface area contributed by atoms with Crippen LogP contribution in [0.25, 0.3) is 0 Å². The van der Waals surface area contributed by atoms with Gasteiger partial charge in [0.2, 0.25) is 0 Å². The van der Waals surface area contributed by atoms with E-state index in [4.69, 9.17) is 4.52 Å². The van der Waals surface area contributed by atoms with Crippen LogP contribution in [0.1, 0.15) is 21.8 Å². The van der Waals surface area contributed by atoms with E-state index >= 15 is 0 Å². The van der Waals surface area contributed by atoms with Gasteiger partial charge in [0.05, 0.1) is 17.8 Å². The number of carbonyl (C=O) groups excluding carboxylic acids is 1. The maximum absolute atomic E-state index is 14.3. The van der Waals surface area contributed by atoms with E-state index in [-0.39, 0.29) is 11.5 Å². The number of aromatic nitrogens is 1. The molecule has 7 heteroatoms. The maximum atomic E-state index is 14.3. The highest BCUT2D eigenvalue weighted by molar-refractivity contribution is 5.95. The number of rotatable bonds is 4. The molecule has 0 aliphatic carbocycles. The molecule has 0 saturated carbocycles. The van der Waals surface area contributed by atoms with Crippen molar-refractivity contribution in [3.05, 3.63) is 47.1 Å². The Hall–Kier alpha value is -2.41. The molecule has 1 aliphatic heterocycles. The molecule has 2 aromatic rings. The molecule has 1 aromatic carbocycles. The van der Waals surface area contributed by atoms with Crippen LogP contribution in [0, 0.1) is 12.7 Å².